The van der Waals surface area contributed by atoms with Gasteiger partial charge in [-0.2, -0.15) is 5.10 Å². The summed E-state index contributed by atoms with van der Waals surface area (Å²) in [6, 6.07) is 10.4. The van der Waals surface area contributed by atoms with Crippen molar-refractivity contribution in [2.75, 3.05) is 31.1 Å². The van der Waals surface area contributed by atoms with Crippen molar-refractivity contribution in [3.8, 4) is 0 Å². The quantitative estimate of drug-likeness (QED) is 0.669. The molecule has 0 atom stereocenters. The maximum Gasteiger partial charge on any atom is 0.289 e. The molecule has 0 N–H and O–H groups in total. The molecule has 1 fully saturated rings. The molecule has 148 valence electrons. The van der Waals surface area contributed by atoms with Gasteiger partial charge in [0.1, 0.15) is 5.58 Å². The summed E-state index contributed by atoms with van der Waals surface area (Å²) in [6.07, 6.45) is 4.48. The molecule has 1 aliphatic carbocycles. The maximum atomic E-state index is 12.9. The molecule has 2 aromatic heterocycles. The first-order valence-corrected chi connectivity index (χ1v) is 10.1. The molecule has 1 amide bonds. The number of carbonyl (C=O) groups excluding carboxylic acids is 1. The van der Waals surface area contributed by atoms with Gasteiger partial charge >= 0.3 is 0 Å². The highest BCUT2D eigenvalue weighted by molar-refractivity contribution is 5.93. The van der Waals surface area contributed by atoms with Crippen LogP contribution in [0.5, 0.6) is 0 Å². The largest absolute Gasteiger partial charge is 0.451 e. The number of hydrogen-bond acceptors (Lipinski definition) is 6. The number of piperazine rings is 1. The van der Waals surface area contributed by atoms with E-state index in [0.717, 1.165) is 24.4 Å². The predicted molar refractivity (Wildman–Crippen MR) is 109 cm³/mol. The molecule has 0 bridgehead atoms. The minimum Gasteiger partial charge on any atom is -0.451 e. The lowest BCUT2D eigenvalue weighted by Crippen LogP contribution is -2.49. The molecule has 0 radical (unpaired) electrons. The third kappa shape index (κ3) is 3.37. The average molecular weight is 390 g/mol. The molecule has 7 heteroatoms. The molecule has 1 aromatic carbocycles. The molecule has 2 aliphatic rings. The van der Waals surface area contributed by atoms with E-state index in [0.29, 0.717) is 37.1 Å². The fraction of sp³-hybridized carbons (Fsp3) is 0.364. The minimum absolute atomic E-state index is 0.0933. The molecule has 0 spiro atoms. The predicted octanol–water partition coefficient (Wildman–Crippen LogP) is 2.42. The molecule has 1 aliphatic heterocycles. The van der Waals surface area contributed by atoms with Gasteiger partial charge in [-0.1, -0.05) is 12.1 Å². The summed E-state index contributed by atoms with van der Waals surface area (Å²) in [7, 11) is 0. The highest BCUT2D eigenvalue weighted by atomic mass is 16.3. The summed E-state index contributed by atoms with van der Waals surface area (Å²) in [5.41, 5.74) is 2.67. The van der Waals surface area contributed by atoms with Crippen molar-refractivity contribution in [3.63, 3.8) is 0 Å². The van der Waals surface area contributed by atoms with E-state index in [1.807, 2.05) is 0 Å². The van der Waals surface area contributed by atoms with E-state index >= 15 is 0 Å². The monoisotopic (exact) mass is 390 g/mol. The van der Waals surface area contributed by atoms with E-state index in [-0.39, 0.29) is 17.1 Å². The summed E-state index contributed by atoms with van der Waals surface area (Å²) >= 11 is 0. The van der Waals surface area contributed by atoms with Crippen LogP contribution in [0.15, 0.2) is 45.6 Å². The smallest absolute Gasteiger partial charge is 0.289 e. The van der Waals surface area contributed by atoms with E-state index in [2.05, 4.69) is 21.2 Å². The molecular formula is C22H22N4O3. The van der Waals surface area contributed by atoms with E-state index in [1.54, 1.807) is 29.2 Å². The third-order valence-electron chi connectivity index (χ3n) is 5.79. The number of aromatic nitrogens is 2. The van der Waals surface area contributed by atoms with Crippen LogP contribution in [0.25, 0.3) is 11.0 Å². The van der Waals surface area contributed by atoms with E-state index in [4.69, 9.17) is 4.42 Å². The van der Waals surface area contributed by atoms with Gasteiger partial charge in [-0.25, -0.2) is 0 Å². The van der Waals surface area contributed by atoms with Crippen molar-refractivity contribution in [2.45, 2.75) is 25.7 Å². The lowest BCUT2D eigenvalue weighted by Gasteiger charge is -2.35. The Bertz CT molecular complexity index is 1130. The lowest BCUT2D eigenvalue weighted by molar-refractivity contribution is 0.0715. The van der Waals surface area contributed by atoms with Crippen LogP contribution >= 0.6 is 0 Å². The fourth-order valence-corrected chi connectivity index (χ4v) is 4.14. The first-order chi connectivity index (χ1) is 14.2. The van der Waals surface area contributed by atoms with Crippen molar-refractivity contribution in [2.24, 2.45) is 0 Å². The Morgan fingerprint density at radius 1 is 0.966 bits per heavy atom. The summed E-state index contributed by atoms with van der Waals surface area (Å²) in [5.74, 6) is 0.731. The van der Waals surface area contributed by atoms with E-state index < -0.39 is 0 Å². The highest BCUT2D eigenvalue weighted by Gasteiger charge is 2.26. The zero-order valence-electron chi connectivity index (χ0n) is 16.1. The summed E-state index contributed by atoms with van der Waals surface area (Å²) < 4.78 is 5.70. The summed E-state index contributed by atoms with van der Waals surface area (Å²) in [5, 5.41) is 9.30. The summed E-state index contributed by atoms with van der Waals surface area (Å²) in [4.78, 5) is 29.1. The van der Waals surface area contributed by atoms with Gasteiger partial charge in [0.2, 0.25) is 0 Å². The van der Waals surface area contributed by atoms with Gasteiger partial charge in [0, 0.05) is 32.2 Å². The van der Waals surface area contributed by atoms with Gasteiger partial charge < -0.3 is 14.2 Å². The SMILES string of the molecule is O=C(c1cc(=O)c2ccccc2o1)N1CCN(c2cc3c(nn2)CCCC3)CC1. The number of nitrogens with zero attached hydrogens (tertiary/aromatic N) is 4. The molecule has 1 saturated heterocycles. The second-order valence-electron chi connectivity index (χ2n) is 7.63. The zero-order chi connectivity index (χ0) is 19.8. The molecular weight excluding hydrogens is 368 g/mol. The molecule has 0 saturated carbocycles. The lowest BCUT2D eigenvalue weighted by atomic mass is 9.97. The number of carbonyl (C=O) groups is 1. The first kappa shape index (κ1) is 17.8. The zero-order valence-corrected chi connectivity index (χ0v) is 16.1. The van der Waals surface area contributed by atoms with Crippen molar-refractivity contribution in [1.29, 1.82) is 0 Å². The number of benzene rings is 1. The Labute approximate surface area is 167 Å². The molecule has 5 rings (SSSR count). The van der Waals surface area contributed by atoms with Crippen LogP contribution in [0.4, 0.5) is 5.82 Å². The van der Waals surface area contributed by atoms with Gasteiger partial charge in [-0.05, 0) is 49.4 Å². The fourth-order valence-electron chi connectivity index (χ4n) is 4.14. The van der Waals surface area contributed by atoms with Gasteiger partial charge in [0.25, 0.3) is 5.91 Å². The van der Waals surface area contributed by atoms with Crippen molar-refractivity contribution in [3.05, 3.63) is 63.6 Å². The number of amides is 1. The van der Waals surface area contributed by atoms with Crippen LogP contribution in [0.3, 0.4) is 0 Å². The second-order valence-corrected chi connectivity index (χ2v) is 7.63. The number of fused-ring (bicyclic) bond motifs is 2. The van der Waals surface area contributed by atoms with Crippen molar-refractivity contribution in [1.82, 2.24) is 15.1 Å². The van der Waals surface area contributed by atoms with Gasteiger partial charge in [-0.3, -0.25) is 9.59 Å². The third-order valence-corrected chi connectivity index (χ3v) is 5.79. The molecule has 3 aromatic rings. The Hall–Kier alpha value is -3.22. The highest BCUT2D eigenvalue weighted by Crippen LogP contribution is 2.23. The van der Waals surface area contributed by atoms with Crippen LogP contribution in [0.1, 0.15) is 34.7 Å². The maximum absolute atomic E-state index is 12.9. The van der Waals surface area contributed by atoms with Crippen LogP contribution in [0, 0.1) is 0 Å². The number of hydrogen-bond donors (Lipinski definition) is 0. The number of aryl methyl sites for hydroxylation is 2. The molecule has 29 heavy (non-hydrogen) atoms. The summed E-state index contributed by atoms with van der Waals surface area (Å²) in [6.45, 7) is 2.45. The number of anilines is 1. The average Bonchev–Trinajstić information content (AvgIpc) is 2.78. The number of rotatable bonds is 2. The van der Waals surface area contributed by atoms with Gasteiger partial charge in [0.15, 0.2) is 17.0 Å². The first-order valence-electron chi connectivity index (χ1n) is 10.1. The Morgan fingerprint density at radius 3 is 2.62 bits per heavy atom. The normalized spacial score (nSPS) is 16.7. The van der Waals surface area contributed by atoms with Gasteiger partial charge in [-0.15, -0.1) is 5.10 Å². The topological polar surface area (TPSA) is 79.5 Å². The van der Waals surface area contributed by atoms with Gasteiger partial charge in [0.05, 0.1) is 11.1 Å². The van der Waals surface area contributed by atoms with Crippen LogP contribution in [0.2, 0.25) is 0 Å². The Kier molecular flexibility index (Phi) is 4.50. The number of para-hydroxylation sites is 1. The molecule has 3 heterocycles. The Morgan fingerprint density at radius 2 is 1.76 bits per heavy atom. The van der Waals surface area contributed by atoms with E-state index in [9.17, 15) is 9.59 Å². The minimum atomic E-state index is -0.246. The van der Waals surface area contributed by atoms with Crippen LogP contribution in [-0.2, 0) is 12.8 Å². The van der Waals surface area contributed by atoms with Crippen molar-refractivity contribution < 1.29 is 9.21 Å². The Balaban J connectivity index is 1.30. The molecule has 7 nitrogen and oxygen atoms in total. The van der Waals surface area contributed by atoms with Crippen LogP contribution in [-0.4, -0.2) is 47.2 Å². The second kappa shape index (κ2) is 7.31. The van der Waals surface area contributed by atoms with E-state index in [1.165, 1.54) is 24.5 Å². The van der Waals surface area contributed by atoms with Crippen molar-refractivity contribution >= 4 is 22.7 Å². The molecule has 0 unspecified atom stereocenters. The standard InChI is InChI=1S/C22H22N4O3/c27-18-14-20(29-19-8-4-2-6-16(18)19)22(28)26-11-9-25(10-12-26)21-13-15-5-1-3-7-17(15)23-24-21/h2,4,6,8,13-14H,1,3,5,7,9-12H2. The van der Waals surface area contributed by atoms with Crippen LogP contribution < -0.4 is 10.3 Å².